The highest BCUT2D eigenvalue weighted by Gasteiger charge is 2.10. The minimum absolute atomic E-state index is 0.280. The fourth-order valence-electron chi connectivity index (χ4n) is 1.47. The van der Waals surface area contributed by atoms with Crippen LogP contribution in [0.1, 0.15) is 28.0 Å². The van der Waals surface area contributed by atoms with E-state index in [0.29, 0.717) is 6.54 Å². The number of halogens is 1. The van der Waals surface area contributed by atoms with Gasteiger partial charge in [-0.25, -0.2) is 9.78 Å². The SMILES string of the molecule is CCc1nc(Cn2cc(C(=O)O)cc2Br)cs1. The van der Waals surface area contributed by atoms with E-state index in [1.54, 1.807) is 23.6 Å². The van der Waals surface area contributed by atoms with Crippen molar-refractivity contribution >= 4 is 33.2 Å². The molecule has 4 nitrogen and oxygen atoms in total. The molecule has 2 aromatic rings. The number of hydrogen-bond acceptors (Lipinski definition) is 3. The number of aromatic carboxylic acids is 1. The lowest BCUT2D eigenvalue weighted by Gasteiger charge is -2.01. The summed E-state index contributed by atoms with van der Waals surface area (Å²) in [6.07, 6.45) is 2.54. The third kappa shape index (κ3) is 2.76. The Balaban J connectivity index is 2.20. The van der Waals surface area contributed by atoms with Crippen molar-refractivity contribution in [1.29, 1.82) is 0 Å². The van der Waals surface area contributed by atoms with Crippen LogP contribution in [0.4, 0.5) is 0 Å². The lowest BCUT2D eigenvalue weighted by Crippen LogP contribution is -1.99. The summed E-state index contributed by atoms with van der Waals surface area (Å²) >= 11 is 4.97. The van der Waals surface area contributed by atoms with Gasteiger partial charge in [0, 0.05) is 11.6 Å². The second-order valence-corrected chi connectivity index (χ2v) is 5.33. The molecule has 0 aliphatic carbocycles. The molecule has 0 atom stereocenters. The molecule has 1 N–H and O–H groups in total. The van der Waals surface area contributed by atoms with Crippen molar-refractivity contribution in [2.75, 3.05) is 0 Å². The number of aromatic nitrogens is 2. The number of carbonyl (C=O) groups is 1. The highest BCUT2D eigenvalue weighted by molar-refractivity contribution is 9.10. The number of carboxylic acids is 1. The van der Waals surface area contributed by atoms with Gasteiger partial charge in [0.05, 0.1) is 27.4 Å². The van der Waals surface area contributed by atoms with Crippen LogP contribution in [0, 0.1) is 0 Å². The Morgan fingerprint density at radius 3 is 2.94 bits per heavy atom. The molecule has 0 aliphatic heterocycles. The summed E-state index contributed by atoms with van der Waals surface area (Å²) in [6.45, 7) is 2.65. The number of thiazole rings is 1. The first-order valence-corrected chi connectivity index (χ1v) is 6.79. The highest BCUT2D eigenvalue weighted by atomic mass is 79.9. The standard InChI is InChI=1S/C11H11BrN2O2S/c1-2-10-13-8(6-17-10)5-14-4-7(11(15)16)3-9(14)12/h3-4,6H,2,5H2,1H3,(H,15,16). The van der Waals surface area contributed by atoms with Gasteiger partial charge in [-0.1, -0.05) is 6.92 Å². The van der Waals surface area contributed by atoms with E-state index in [9.17, 15) is 4.79 Å². The van der Waals surface area contributed by atoms with Gasteiger partial charge in [0.25, 0.3) is 0 Å². The van der Waals surface area contributed by atoms with E-state index in [0.717, 1.165) is 21.7 Å². The first-order chi connectivity index (χ1) is 8.10. The Morgan fingerprint density at radius 2 is 2.41 bits per heavy atom. The Labute approximate surface area is 111 Å². The molecule has 0 fully saturated rings. The van der Waals surface area contributed by atoms with E-state index < -0.39 is 5.97 Å². The Morgan fingerprint density at radius 1 is 1.65 bits per heavy atom. The molecule has 0 saturated carbocycles. The van der Waals surface area contributed by atoms with Gasteiger partial charge < -0.3 is 9.67 Å². The second kappa shape index (κ2) is 5.01. The van der Waals surface area contributed by atoms with Gasteiger partial charge >= 0.3 is 5.97 Å². The first-order valence-electron chi connectivity index (χ1n) is 5.12. The van der Waals surface area contributed by atoms with Crippen molar-refractivity contribution in [3.8, 4) is 0 Å². The van der Waals surface area contributed by atoms with E-state index in [2.05, 4.69) is 27.8 Å². The number of hydrogen-bond donors (Lipinski definition) is 1. The molecule has 0 unspecified atom stereocenters. The van der Waals surface area contributed by atoms with Crippen LogP contribution in [0.15, 0.2) is 22.2 Å². The van der Waals surface area contributed by atoms with Crippen molar-refractivity contribution in [1.82, 2.24) is 9.55 Å². The van der Waals surface area contributed by atoms with Gasteiger partial charge in [0.2, 0.25) is 0 Å². The van der Waals surface area contributed by atoms with Crippen molar-refractivity contribution in [3.05, 3.63) is 38.5 Å². The predicted octanol–water partition coefficient (Wildman–Crippen LogP) is 3.02. The Hall–Kier alpha value is -1.14. The molecule has 2 heterocycles. The summed E-state index contributed by atoms with van der Waals surface area (Å²) < 4.78 is 2.58. The van der Waals surface area contributed by atoms with Crippen LogP contribution >= 0.6 is 27.3 Å². The van der Waals surface area contributed by atoms with Crippen LogP contribution in [0.2, 0.25) is 0 Å². The summed E-state index contributed by atoms with van der Waals surface area (Å²) in [5.74, 6) is -0.919. The quantitative estimate of drug-likeness (QED) is 0.943. The zero-order chi connectivity index (χ0) is 12.4. The fraction of sp³-hybridized carbons (Fsp3) is 0.273. The van der Waals surface area contributed by atoms with Crippen LogP contribution in [-0.2, 0) is 13.0 Å². The first kappa shape index (κ1) is 12.3. The van der Waals surface area contributed by atoms with Crippen LogP contribution in [0.5, 0.6) is 0 Å². The molecule has 0 saturated heterocycles. The second-order valence-electron chi connectivity index (χ2n) is 3.57. The largest absolute Gasteiger partial charge is 0.478 e. The van der Waals surface area contributed by atoms with E-state index in [1.165, 1.54) is 0 Å². The van der Waals surface area contributed by atoms with E-state index >= 15 is 0 Å². The topological polar surface area (TPSA) is 55.1 Å². The average molecular weight is 315 g/mol. The minimum Gasteiger partial charge on any atom is -0.478 e. The van der Waals surface area contributed by atoms with Gasteiger partial charge in [-0.3, -0.25) is 0 Å². The highest BCUT2D eigenvalue weighted by Crippen LogP contribution is 2.18. The van der Waals surface area contributed by atoms with Crippen molar-refractivity contribution in [3.63, 3.8) is 0 Å². The molecule has 0 aromatic carbocycles. The van der Waals surface area contributed by atoms with E-state index in [4.69, 9.17) is 5.11 Å². The molecule has 2 aromatic heterocycles. The maximum absolute atomic E-state index is 10.8. The summed E-state index contributed by atoms with van der Waals surface area (Å²) in [7, 11) is 0. The smallest absolute Gasteiger partial charge is 0.337 e. The number of nitrogens with zero attached hydrogens (tertiary/aromatic N) is 2. The lowest BCUT2D eigenvalue weighted by molar-refractivity contribution is 0.0697. The third-order valence-electron chi connectivity index (χ3n) is 2.32. The monoisotopic (exact) mass is 314 g/mol. The van der Waals surface area contributed by atoms with Crippen molar-refractivity contribution in [2.45, 2.75) is 19.9 Å². The number of rotatable bonds is 4. The molecular weight excluding hydrogens is 304 g/mol. The molecule has 90 valence electrons. The lowest BCUT2D eigenvalue weighted by atomic mass is 10.3. The summed E-state index contributed by atoms with van der Waals surface area (Å²) in [5.41, 5.74) is 1.24. The molecule has 0 spiro atoms. The predicted molar refractivity (Wildman–Crippen MR) is 69.7 cm³/mol. The summed E-state index contributed by atoms with van der Waals surface area (Å²) in [5, 5.41) is 12.0. The minimum atomic E-state index is -0.919. The Bertz CT molecular complexity index is 547. The zero-order valence-corrected chi connectivity index (χ0v) is 11.6. The number of carboxylic acid groups (broad SMARTS) is 1. The van der Waals surface area contributed by atoms with Crippen molar-refractivity contribution in [2.24, 2.45) is 0 Å². The van der Waals surface area contributed by atoms with Gasteiger partial charge in [-0.05, 0) is 28.4 Å². The van der Waals surface area contributed by atoms with Gasteiger partial charge in [0.15, 0.2) is 0 Å². The Kier molecular flexibility index (Phi) is 3.63. The van der Waals surface area contributed by atoms with Gasteiger partial charge in [-0.2, -0.15) is 0 Å². The third-order valence-corrected chi connectivity index (χ3v) is 4.05. The molecule has 0 amide bonds. The van der Waals surface area contributed by atoms with Gasteiger partial charge in [0.1, 0.15) is 0 Å². The van der Waals surface area contributed by atoms with E-state index in [1.807, 2.05) is 9.95 Å². The molecule has 17 heavy (non-hydrogen) atoms. The van der Waals surface area contributed by atoms with Crippen LogP contribution in [-0.4, -0.2) is 20.6 Å². The van der Waals surface area contributed by atoms with Crippen LogP contribution in [0.3, 0.4) is 0 Å². The van der Waals surface area contributed by atoms with E-state index in [-0.39, 0.29) is 5.56 Å². The maximum atomic E-state index is 10.8. The molecule has 2 rings (SSSR count). The molecule has 0 bridgehead atoms. The maximum Gasteiger partial charge on any atom is 0.337 e. The van der Waals surface area contributed by atoms with Crippen LogP contribution in [0.25, 0.3) is 0 Å². The summed E-state index contributed by atoms with van der Waals surface area (Å²) in [6, 6.07) is 1.59. The van der Waals surface area contributed by atoms with Crippen molar-refractivity contribution < 1.29 is 9.90 Å². The zero-order valence-electron chi connectivity index (χ0n) is 9.18. The molecular formula is C11H11BrN2O2S. The summed E-state index contributed by atoms with van der Waals surface area (Å²) in [4.78, 5) is 15.3. The number of aryl methyl sites for hydroxylation is 1. The fourth-order valence-corrected chi connectivity index (χ4v) is 2.68. The average Bonchev–Trinajstić information content (AvgIpc) is 2.87. The molecule has 0 aliphatic rings. The van der Waals surface area contributed by atoms with Gasteiger partial charge in [-0.15, -0.1) is 11.3 Å². The normalized spacial score (nSPS) is 10.7. The molecule has 0 radical (unpaired) electrons. The molecule has 6 heteroatoms. The van der Waals surface area contributed by atoms with Crippen LogP contribution < -0.4 is 0 Å².